The largest absolute Gasteiger partial charge is 0.493 e. The predicted octanol–water partition coefficient (Wildman–Crippen LogP) is 4.12. The number of nitrogens with zero attached hydrogens (tertiary/aromatic N) is 6. The number of likely N-dealkylation sites (N-methyl/N-ethyl adjacent to an activating group) is 1. The summed E-state index contributed by atoms with van der Waals surface area (Å²) in [7, 11) is 2.10. The fourth-order valence-electron chi connectivity index (χ4n) is 5.55. The number of rotatable bonds is 7. The fourth-order valence-corrected chi connectivity index (χ4v) is 6.14. The molecule has 13 heteroatoms. The molecule has 3 fully saturated rings. The molecule has 1 aromatic carbocycles. The van der Waals surface area contributed by atoms with Crippen molar-refractivity contribution in [3.8, 4) is 11.8 Å². The zero-order chi connectivity index (χ0) is 28.7. The summed E-state index contributed by atoms with van der Waals surface area (Å²) in [5.41, 5.74) is -4.32. The molecular formula is C27H30F4N6O2S. The molecule has 1 amide bonds. The zero-order valence-corrected chi connectivity index (χ0v) is 22.9. The second kappa shape index (κ2) is 11.1. The minimum absolute atomic E-state index is 0.109. The van der Waals surface area contributed by atoms with Crippen LogP contribution >= 0.6 is 12.6 Å². The van der Waals surface area contributed by atoms with Gasteiger partial charge >= 0.3 is 6.18 Å². The fraction of sp³-hybridized carbons (Fsp3) is 0.519. The van der Waals surface area contributed by atoms with Crippen molar-refractivity contribution in [1.82, 2.24) is 14.8 Å². The van der Waals surface area contributed by atoms with E-state index in [4.69, 9.17) is 10.00 Å². The van der Waals surface area contributed by atoms with Crippen LogP contribution in [-0.2, 0) is 11.0 Å². The summed E-state index contributed by atoms with van der Waals surface area (Å²) >= 11 is 4.57. The van der Waals surface area contributed by atoms with Gasteiger partial charge < -0.3 is 19.4 Å². The molecule has 3 heterocycles. The van der Waals surface area contributed by atoms with Gasteiger partial charge in [0.25, 0.3) is 5.91 Å². The third-order valence-electron chi connectivity index (χ3n) is 7.95. The maximum atomic E-state index is 15.5. The predicted molar refractivity (Wildman–Crippen MR) is 144 cm³/mol. The summed E-state index contributed by atoms with van der Waals surface area (Å²) in [6.45, 7) is 5.39. The molecule has 3 aliphatic rings. The molecule has 2 saturated heterocycles. The van der Waals surface area contributed by atoms with Gasteiger partial charge in [0, 0.05) is 38.8 Å². The van der Waals surface area contributed by atoms with Gasteiger partial charge in [-0.2, -0.15) is 18.4 Å². The summed E-state index contributed by atoms with van der Waals surface area (Å²) in [5.74, 6) is -0.751. The van der Waals surface area contributed by atoms with E-state index in [2.05, 4.69) is 34.5 Å². The van der Waals surface area contributed by atoms with Crippen LogP contribution in [0.1, 0.15) is 36.9 Å². The number of halogens is 4. The van der Waals surface area contributed by atoms with Crippen molar-refractivity contribution in [2.24, 2.45) is 0 Å². The molecule has 0 radical (unpaired) electrons. The average Bonchev–Trinajstić information content (AvgIpc) is 3.13. The molecule has 1 aromatic heterocycles. The Morgan fingerprint density at radius 3 is 2.52 bits per heavy atom. The van der Waals surface area contributed by atoms with Gasteiger partial charge in [-0.05, 0) is 50.9 Å². The summed E-state index contributed by atoms with van der Waals surface area (Å²) in [4.78, 5) is 24.5. The summed E-state index contributed by atoms with van der Waals surface area (Å²) in [5, 5.41) is 9.08. The van der Waals surface area contributed by atoms with Crippen LogP contribution in [-0.4, -0.2) is 78.1 Å². The first-order chi connectivity index (χ1) is 19.0. The van der Waals surface area contributed by atoms with Gasteiger partial charge in [0.15, 0.2) is 11.2 Å². The normalized spacial score (nSPS) is 21.5. The van der Waals surface area contributed by atoms with Crippen LogP contribution in [0.2, 0.25) is 0 Å². The molecule has 0 bridgehead atoms. The maximum Gasteiger partial charge on any atom is 0.419 e. The average molecular weight is 579 g/mol. The highest BCUT2D eigenvalue weighted by molar-refractivity contribution is 7.81. The first kappa shape index (κ1) is 28.4. The third-order valence-corrected chi connectivity index (χ3v) is 8.41. The summed E-state index contributed by atoms with van der Waals surface area (Å²) < 4.78 is 62.0. The first-order valence-electron chi connectivity index (χ1n) is 13.2. The number of hydrogen-bond donors (Lipinski definition) is 1. The Hall–Kier alpha value is -3.08. The number of amides is 1. The Morgan fingerprint density at radius 2 is 1.93 bits per heavy atom. The number of benzene rings is 1. The minimum atomic E-state index is -4.84. The number of carbonyl (C=O) groups is 1. The molecule has 2 aromatic rings. The minimum Gasteiger partial charge on any atom is -0.493 e. The van der Waals surface area contributed by atoms with Crippen molar-refractivity contribution in [1.29, 1.82) is 5.26 Å². The first-order valence-corrected chi connectivity index (χ1v) is 13.7. The standard InChI is InChI=1S/C27H30F4N6O2S/c1-34-9-11-35(12-10-34)8-3-13-39-19-4-5-23(21(28)15-19)37-25(40)36(24(38)26(37)6-2-7-26)18-14-20(27(29,30)31)22(16-32)33-17-18/h4-5,14-15,17,25,40H,2-3,6-13H2,1H3. The van der Waals surface area contributed by atoms with Gasteiger partial charge in [-0.3, -0.25) is 9.69 Å². The SMILES string of the molecule is CN1CCN(CCCOc2ccc(N3C(S)N(c4cnc(C#N)c(C(F)(F)F)c4)C(=O)C34CCC4)c(F)c2)CC1. The number of alkyl halides is 3. The number of aromatic nitrogens is 1. The van der Waals surface area contributed by atoms with Crippen molar-refractivity contribution < 1.29 is 27.1 Å². The van der Waals surface area contributed by atoms with Gasteiger partial charge in [0.1, 0.15) is 23.2 Å². The molecule has 40 heavy (non-hydrogen) atoms. The number of pyridine rings is 1. The Bertz CT molecular complexity index is 1310. The molecular weight excluding hydrogens is 548 g/mol. The molecule has 1 aliphatic carbocycles. The smallest absolute Gasteiger partial charge is 0.419 e. The molecule has 1 saturated carbocycles. The van der Waals surface area contributed by atoms with E-state index in [0.29, 0.717) is 31.6 Å². The van der Waals surface area contributed by atoms with Gasteiger partial charge in [0.05, 0.1) is 29.7 Å². The molecule has 0 N–H and O–H groups in total. The quantitative estimate of drug-likeness (QED) is 0.301. The zero-order valence-electron chi connectivity index (χ0n) is 22.0. The second-order valence-corrected chi connectivity index (χ2v) is 10.9. The highest BCUT2D eigenvalue weighted by atomic mass is 32.1. The monoisotopic (exact) mass is 578 g/mol. The van der Waals surface area contributed by atoms with Crippen molar-refractivity contribution in [2.75, 3.05) is 56.2 Å². The van der Waals surface area contributed by atoms with E-state index >= 15 is 4.39 Å². The molecule has 5 rings (SSSR count). The lowest BCUT2D eigenvalue weighted by Gasteiger charge is -2.44. The third kappa shape index (κ3) is 5.20. The summed E-state index contributed by atoms with van der Waals surface area (Å²) in [6.07, 6.45) is -1.50. The number of nitriles is 1. The molecule has 2 aliphatic heterocycles. The maximum absolute atomic E-state index is 15.5. The number of anilines is 2. The lowest BCUT2D eigenvalue weighted by atomic mass is 9.75. The summed E-state index contributed by atoms with van der Waals surface area (Å²) in [6, 6.07) is 6.56. The second-order valence-electron chi connectivity index (χ2n) is 10.4. The molecule has 1 unspecified atom stereocenters. The Kier molecular flexibility index (Phi) is 7.87. The molecule has 214 valence electrons. The van der Waals surface area contributed by atoms with E-state index in [9.17, 15) is 18.0 Å². The van der Waals surface area contributed by atoms with Crippen molar-refractivity contribution in [3.05, 3.63) is 47.5 Å². The highest BCUT2D eigenvalue weighted by Gasteiger charge is 2.60. The number of piperazine rings is 1. The van der Waals surface area contributed by atoms with E-state index in [1.54, 1.807) is 6.07 Å². The number of carbonyl (C=O) groups excluding carboxylic acids is 1. The van der Waals surface area contributed by atoms with Crippen molar-refractivity contribution in [3.63, 3.8) is 0 Å². The van der Waals surface area contributed by atoms with Crippen molar-refractivity contribution >= 4 is 29.9 Å². The van der Waals surface area contributed by atoms with E-state index in [0.717, 1.165) is 56.3 Å². The van der Waals surface area contributed by atoms with Crippen LogP contribution in [0, 0.1) is 17.1 Å². The molecule has 1 spiro atoms. The van der Waals surface area contributed by atoms with E-state index in [1.807, 2.05) is 0 Å². The van der Waals surface area contributed by atoms with E-state index < -0.39 is 40.2 Å². The molecule has 8 nitrogen and oxygen atoms in total. The van der Waals surface area contributed by atoms with Crippen molar-refractivity contribution in [2.45, 2.75) is 42.9 Å². The number of thiol groups is 1. The van der Waals surface area contributed by atoms with Gasteiger partial charge in [-0.25, -0.2) is 9.37 Å². The number of hydrogen-bond acceptors (Lipinski definition) is 8. The number of ether oxygens (including phenoxy) is 1. The van der Waals surface area contributed by atoms with Crippen LogP contribution in [0.4, 0.5) is 28.9 Å². The van der Waals surface area contributed by atoms with E-state index in [-0.39, 0.29) is 11.4 Å². The van der Waals surface area contributed by atoms with Crippen LogP contribution in [0.3, 0.4) is 0 Å². The highest BCUT2D eigenvalue weighted by Crippen LogP contribution is 2.51. The van der Waals surface area contributed by atoms with Crippen LogP contribution in [0.5, 0.6) is 5.75 Å². The van der Waals surface area contributed by atoms with Gasteiger partial charge in [0.2, 0.25) is 0 Å². The Morgan fingerprint density at radius 1 is 1.20 bits per heavy atom. The Balaban J connectivity index is 1.33. The van der Waals surface area contributed by atoms with Gasteiger partial charge in [-0.15, -0.1) is 12.6 Å². The van der Waals surface area contributed by atoms with E-state index in [1.165, 1.54) is 23.1 Å². The van der Waals surface area contributed by atoms with Crippen LogP contribution in [0.15, 0.2) is 30.5 Å². The Labute approximate surface area is 235 Å². The lowest BCUT2D eigenvalue weighted by molar-refractivity contribution is -0.138. The van der Waals surface area contributed by atoms with Crippen LogP contribution in [0.25, 0.3) is 0 Å². The molecule has 1 atom stereocenters. The lowest BCUT2D eigenvalue weighted by Crippen LogP contribution is -2.55. The topological polar surface area (TPSA) is 75.9 Å². The van der Waals surface area contributed by atoms with Crippen LogP contribution < -0.4 is 14.5 Å². The van der Waals surface area contributed by atoms with Gasteiger partial charge in [-0.1, -0.05) is 0 Å².